The molecule has 3 heteroatoms. The Kier molecular flexibility index (Phi) is 3.18. The van der Waals surface area contributed by atoms with Crippen molar-refractivity contribution in [2.45, 2.75) is 37.8 Å². The second kappa shape index (κ2) is 4.82. The Bertz CT molecular complexity index is 431. The number of carbonyl (C=O) groups is 1. The first-order chi connectivity index (χ1) is 8.75. The number of hydroxylamine groups is 2. The van der Waals surface area contributed by atoms with Crippen LogP contribution in [0.15, 0.2) is 30.3 Å². The van der Waals surface area contributed by atoms with Crippen LogP contribution in [0.1, 0.15) is 24.8 Å². The minimum absolute atomic E-state index is 0.0731. The summed E-state index contributed by atoms with van der Waals surface area (Å²) >= 11 is 0. The molecule has 1 aromatic rings. The molecule has 3 rings (SSSR count). The lowest BCUT2D eigenvalue weighted by atomic mass is 9.79. The zero-order valence-corrected chi connectivity index (χ0v) is 10.7. The van der Waals surface area contributed by atoms with Crippen LogP contribution in [0.3, 0.4) is 0 Å². The first-order valence-corrected chi connectivity index (χ1v) is 6.72. The van der Waals surface area contributed by atoms with Gasteiger partial charge in [-0.05, 0) is 24.8 Å². The minimum atomic E-state index is 0.0731. The van der Waals surface area contributed by atoms with Crippen LogP contribution in [-0.2, 0) is 16.1 Å². The number of Topliss-reactive ketones (excluding diaryl/α,β-unsaturated/α-hetero) is 1. The van der Waals surface area contributed by atoms with E-state index in [2.05, 4.69) is 12.1 Å². The Morgan fingerprint density at radius 2 is 2.11 bits per heavy atom. The van der Waals surface area contributed by atoms with Crippen molar-refractivity contribution in [2.24, 2.45) is 5.92 Å². The van der Waals surface area contributed by atoms with E-state index in [-0.39, 0.29) is 18.1 Å². The van der Waals surface area contributed by atoms with E-state index < -0.39 is 0 Å². The van der Waals surface area contributed by atoms with Crippen LogP contribution >= 0.6 is 0 Å². The average molecular weight is 245 g/mol. The average Bonchev–Trinajstić information content (AvgIpc) is 2.69. The van der Waals surface area contributed by atoms with E-state index in [0.29, 0.717) is 5.78 Å². The van der Waals surface area contributed by atoms with Gasteiger partial charge >= 0.3 is 0 Å². The highest BCUT2D eigenvalue weighted by atomic mass is 16.7. The highest BCUT2D eigenvalue weighted by molar-refractivity contribution is 5.83. The summed E-state index contributed by atoms with van der Waals surface area (Å²) in [6.45, 7) is 0. The second-order valence-electron chi connectivity index (χ2n) is 5.33. The van der Waals surface area contributed by atoms with Crippen molar-refractivity contribution >= 4 is 5.78 Å². The van der Waals surface area contributed by atoms with Crippen LogP contribution < -0.4 is 0 Å². The standard InChI is InChI=1S/C15H19NO2/c1-16-12(10-11-6-3-2-4-7-11)15-13(17)8-5-9-14(15)18-16/h2-4,6-7,12,14-15H,5,8-10H2,1H3/t12-,14?,15+/m1/s1. The highest BCUT2D eigenvalue weighted by Gasteiger charge is 2.46. The lowest BCUT2D eigenvalue weighted by Gasteiger charge is -2.25. The topological polar surface area (TPSA) is 29.5 Å². The van der Waals surface area contributed by atoms with Crippen LogP contribution in [0.5, 0.6) is 0 Å². The van der Waals surface area contributed by atoms with Crippen LogP contribution in [-0.4, -0.2) is 30.0 Å². The second-order valence-corrected chi connectivity index (χ2v) is 5.33. The fraction of sp³-hybridized carbons (Fsp3) is 0.533. The lowest BCUT2D eigenvalue weighted by Crippen LogP contribution is -2.38. The van der Waals surface area contributed by atoms with Crippen molar-refractivity contribution in [3.05, 3.63) is 35.9 Å². The number of benzene rings is 1. The Hall–Kier alpha value is -1.19. The van der Waals surface area contributed by atoms with Crippen molar-refractivity contribution in [3.63, 3.8) is 0 Å². The third kappa shape index (κ3) is 2.08. The maximum Gasteiger partial charge on any atom is 0.140 e. The molecular weight excluding hydrogens is 226 g/mol. The molecule has 0 amide bonds. The molecule has 1 aliphatic carbocycles. The number of hydrogen-bond donors (Lipinski definition) is 0. The summed E-state index contributed by atoms with van der Waals surface area (Å²) in [6, 6.07) is 10.6. The van der Waals surface area contributed by atoms with Crippen molar-refractivity contribution in [1.82, 2.24) is 5.06 Å². The van der Waals surface area contributed by atoms with Crippen LogP contribution in [0.4, 0.5) is 0 Å². The quantitative estimate of drug-likeness (QED) is 0.800. The molecular formula is C15H19NO2. The Morgan fingerprint density at radius 3 is 2.89 bits per heavy atom. The molecule has 1 saturated carbocycles. The number of carbonyl (C=O) groups excluding carboxylic acids is 1. The molecule has 2 aliphatic rings. The van der Waals surface area contributed by atoms with Gasteiger partial charge in [0.2, 0.25) is 0 Å². The summed E-state index contributed by atoms with van der Waals surface area (Å²) in [5, 5.41) is 1.91. The summed E-state index contributed by atoms with van der Waals surface area (Å²) in [7, 11) is 1.96. The molecule has 3 atom stereocenters. The summed E-state index contributed by atoms with van der Waals surface area (Å²) in [4.78, 5) is 17.9. The number of ketones is 1. The van der Waals surface area contributed by atoms with Crippen molar-refractivity contribution in [1.29, 1.82) is 0 Å². The molecule has 1 saturated heterocycles. The van der Waals surface area contributed by atoms with E-state index in [4.69, 9.17) is 4.84 Å². The van der Waals surface area contributed by atoms with E-state index in [1.807, 2.05) is 30.3 Å². The van der Waals surface area contributed by atoms with E-state index in [1.165, 1.54) is 5.56 Å². The largest absolute Gasteiger partial charge is 0.299 e. The number of fused-ring (bicyclic) bond motifs is 1. The molecule has 1 heterocycles. The zero-order chi connectivity index (χ0) is 12.5. The van der Waals surface area contributed by atoms with Gasteiger partial charge in [0.25, 0.3) is 0 Å². The molecule has 0 bridgehead atoms. The molecule has 0 radical (unpaired) electrons. The SMILES string of the molecule is CN1OC2CCCC(=O)[C@@H]2[C@H]1Cc1ccccc1. The predicted octanol–water partition coefficient (Wildman–Crippen LogP) is 2.21. The van der Waals surface area contributed by atoms with Gasteiger partial charge in [-0.15, -0.1) is 0 Å². The Balaban J connectivity index is 1.80. The van der Waals surface area contributed by atoms with Gasteiger partial charge in [-0.25, -0.2) is 0 Å². The molecule has 1 unspecified atom stereocenters. The fourth-order valence-electron chi connectivity index (χ4n) is 3.24. The highest BCUT2D eigenvalue weighted by Crippen LogP contribution is 2.36. The summed E-state index contributed by atoms with van der Waals surface area (Å²) < 4.78 is 0. The van der Waals surface area contributed by atoms with E-state index in [1.54, 1.807) is 0 Å². The first-order valence-electron chi connectivity index (χ1n) is 6.72. The molecule has 1 aliphatic heterocycles. The number of hydrogen-bond acceptors (Lipinski definition) is 3. The van der Waals surface area contributed by atoms with Crippen LogP contribution in [0.2, 0.25) is 0 Å². The van der Waals surface area contributed by atoms with Gasteiger partial charge in [-0.3, -0.25) is 9.63 Å². The molecule has 96 valence electrons. The number of rotatable bonds is 2. The third-order valence-corrected chi connectivity index (χ3v) is 4.16. The monoisotopic (exact) mass is 245 g/mol. The van der Waals surface area contributed by atoms with Gasteiger partial charge < -0.3 is 0 Å². The molecule has 0 spiro atoms. The molecule has 3 nitrogen and oxygen atoms in total. The summed E-state index contributed by atoms with van der Waals surface area (Å²) in [5.74, 6) is 0.459. The van der Waals surface area contributed by atoms with Gasteiger partial charge in [-0.1, -0.05) is 30.3 Å². The van der Waals surface area contributed by atoms with Crippen LogP contribution in [0.25, 0.3) is 0 Å². The van der Waals surface area contributed by atoms with Gasteiger partial charge in [0, 0.05) is 13.5 Å². The zero-order valence-electron chi connectivity index (χ0n) is 10.7. The first kappa shape index (κ1) is 11.9. The predicted molar refractivity (Wildman–Crippen MR) is 68.9 cm³/mol. The maximum atomic E-state index is 12.1. The maximum absolute atomic E-state index is 12.1. The smallest absolute Gasteiger partial charge is 0.140 e. The molecule has 0 aromatic heterocycles. The number of likely N-dealkylation sites (N-methyl/N-ethyl adjacent to an activating group) is 1. The minimum Gasteiger partial charge on any atom is -0.299 e. The van der Waals surface area contributed by atoms with Crippen molar-refractivity contribution in [3.8, 4) is 0 Å². The third-order valence-electron chi connectivity index (χ3n) is 4.16. The molecule has 2 fully saturated rings. The summed E-state index contributed by atoms with van der Waals surface area (Å²) in [6.07, 6.45) is 3.73. The van der Waals surface area contributed by atoms with Crippen molar-refractivity contribution in [2.75, 3.05) is 7.05 Å². The molecule has 1 aromatic carbocycles. The normalized spacial score (nSPS) is 32.5. The van der Waals surface area contributed by atoms with Gasteiger partial charge in [0.1, 0.15) is 5.78 Å². The lowest BCUT2D eigenvalue weighted by molar-refractivity contribution is -0.149. The van der Waals surface area contributed by atoms with E-state index in [0.717, 1.165) is 25.7 Å². The molecule has 0 N–H and O–H groups in total. The van der Waals surface area contributed by atoms with E-state index in [9.17, 15) is 4.79 Å². The van der Waals surface area contributed by atoms with Crippen LogP contribution in [0, 0.1) is 5.92 Å². The van der Waals surface area contributed by atoms with Gasteiger partial charge in [-0.2, -0.15) is 5.06 Å². The molecule has 18 heavy (non-hydrogen) atoms. The Morgan fingerprint density at radius 1 is 1.33 bits per heavy atom. The summed E-state index contributed by atoms with van der Waals surface area (Å²) in [5.41, 5.74) is 1.27. The fourth-order valence-corrected chi connectivity index (χ4v) is 3.24. The number of nitrogens with zero attached hydrogens (tertiary/aromatic N) is 1. The van der Waals surface area contributed by atoms with Crippen molar-refractivity contribution < 1.29 is 9.63 Å². The van der Waals surface area contributed by atoms with Gasteiger partial charge in [0.05, 0.1) is 18.1 Å². The Labute approximate surface area is 108 Å². The van der Waals surface area contributed by atoms with E-state index >= 15 is 0 Å². The van der Waals surface area contributed by atoms with Gasteiger partial charge in [0.15, 0.2) is 0 Å².